The van der Waals surface area contributed by atoms with Gasteiger partial charge in [0.05, 0.1) is 11.4 Å². The topological polar surface area (TPSA) is 59.3 Å². The van der Waals surface area contributed by atoms with Crippen LogP contribution in [0.15, 0.2) is 42.7 Å². The van der Waals surface area contributed by atoms with Crippen molar-refractivity contribution < 1.29 is 4.79 Å². The maximum Gasteiger partial charge on any atom is 0.274 e. The molecule has 3 rings (SSSR count). The number of anilines is 1. The highest BCUT2D eigenvalue weighted by Gasteiger charge is 2.12. The Labute approximate surface area is 116 Å². The summed E-state index contributed by atoms with van der Waals surface area (Å²) in [6.07, 6.45) is 3.53. The van der Waals surface area contributed by atoms with Crippen LogP contribution in [-0.2, 0) is 0 Å². The van der Waals surface area contributed by atoms with Gasteiger partial charge in [-0.15, -0.1) is 0 Å². The standard InChI is InChI=1S/C15H14N4O/c1-10-11(2)19-9-5-7-12(14(19)17-10)18-15(20)13-6-3-4-8-16-13/h3-9H,1-2H3,(H,18,20). The summed E-state index contributed by atoms with van der Waals surface area (Å²) in [4.78, 5) is 20.7. The Morgan fingerprint density at radius 2 is 2.05 bits per heavy atom. The minimum absolute atomic E-state index is 0.239. The van der Waals surface area contributed by atoms with Crippen LogP contribution >= 0.6 is 0 Å². The highest BCUT2D eigenvalue weighted by atomic mass is 16.1. The van der Waals surface area contributed by atoms with Crippen molar-refractivity contribution >= 4 is 17.2 Å². The lowest BCUT2D eigenvalue weighted by Gasteiger charge is -2.06. The molecule has 0 fully saturated rings. The largest absolute Gasteiger partial charge is 0.317 e. The minimum atomic E-state index is -0.239. The summed E-state index contributed by atoms with van der Waals surface area (Å²) < 4.78 is 1.96. The zero-order valence-electron chi connectivity index (χ0n) is 11.3. The van der Waals surface area contributed by atoms with Crippen molar-refractivity contribution in [2.75, 3.05) is 5.32 Å². The second kappa shape index (κ2) is 4.77. The fraction of sp³-hybridized carbons (Fsp3) is 0.133. The summed E-state index contributed by atoms with van der Waals surface area (Å²) in [5, 5.41) is 2.86. The number of nitrogens with one attached hydrogen (secondary N) is 1. The average Bonchev–Trinajstić information content (AvgIpc) is 2.77. The van der Waals surface area contributed by atoms with E-state index < -0.39 is 0 Å². The molecule has 0 atom stereocenters. The first-order valence-corrected chi connectivity index (χ1v) is 6.33. The first-order valence-electron chi connectivity index (χ1n) is 6.33. The van der Waals surface area contributed by atoms with Gasteiger partial charge in [0, 0.05) is 18.1 Å². The van der Waals surface area contributed by atoms with Crippen molar-refractivity contribution in [1.82, 2.24) is 14.4 Å². The number of fused-ring (bicyclic) bond motifs is 1. The number of nitrogens with zero attached hydrogens (tertiary/aromatic N) is 3. The normalized spacial score (nSPS) is 10.7. The lowest BCUT2D eigenvalue weighted by Crippen LogP contribution is -2.14. The number of aromatic nitrogens is 3. The molecule has 0 saturated heterocycles. The van der Waals surface area contributed by atoms with Gasteiger partial charge in [-0.3, -0.25) is 9.78 Å². The monoisotopic (exact) mass is 266 g/mol. The van der Waals surface area contributed by atoms with Gasteiger partial charge in [-0.2, -0.15) is 0 Å². The molecule has 0 aliphatic rings. The van der Waals surface area contributed by atoms with Crippen molar-refractivity contribution in [2.24, 2.45) is 0 Å². The summed E-state index contributed by atoms with van der Waals surface area (Å²) >= 11 is 0. The van der Waals surface area contributed by atoms with E-state index >= 15 is 0 Å². The summed E-state index contributed by atoms with van der Waals surface area (Å²) in [5.41, 5.74) is 3.82. The van der Waals surface area contributed by atoms with E-state index in [0.29, 0.717) is 11.4 Å². The van der Waals surface area contributed by atoms with Gasteiger partial charge in [0.2, 0.25) is 0 Å². The highest BCUT2D eigenvalue weighted by molar-refractivity contribution is 6.04. The van der Waals surface area contributed by atoms with Crippen molar-refractivity contribution in [3.8, 4) is 0 Å². The van der Waals surface area contributed by atoms with Gasteiger partial charge < -0.3 is 9.72 Å². The number of hydrogen-bond donors (Lipinski definition) is 1. The Morgan fingerprint density at radius 3 is 2.80 bits per heavy atom. The number of pyridine rings is 2. The van der Waals surface area contributed by atoms with Gasteiger partial charge >= 0.3 is 0 Å². The van der Waals surface area contributed by atoms with Gasteiger partial charge in [0.25, 0.3) is 5.91 Å². The lowest BCUT2D eigenvalue weighted by molar-refractivity contribution is 0.102. The molecule has 5 nitrogen and oxygen atoms in total. The van der Waals surface area contributed by atoms with E-state index in [1.165, 1.54) is 0 Å². The van der Waals surface area contributed by atoms with E-state index in [4.69, 9.17) is 0 Å². The molecule has 0 saturated carbocycles. The van der Waals surface area contributed by atoms with Crippen molar-refractivity contribution in [3.63, 3.8) is 0 Å². The van der Waals surface area contributed by atoms with E-state index in [-0.39, 0.29) is 5.91 Å². The molecular weight excluding hydrogens is 252 g/mol. The van der Waals surface area contributed by atoms with Crippen LogP contribution in [-0.4, -0.2) is 20.3 Å². The van der Waals surface area contributed by atoms with Crippen molar-refractivity contribution in [3.05, 3.63) is 59.8 Å². The van der Waals surface area contributed by atoms with Crippen LogP contribution in [0.5, 0.6) is 0 Å². The number of carbonyl (C=O) groups excluding carboxylic acids is 1. The second-order valence-corrected chi connectivity index (χ2v) is 4.57. The van der Waals surface area contributed by atoms with Crippen molar-refractivity contribution in [1.29, 1.82) is 0 Å². The quantitative estimate of drug-likeness (QED) is 0.775. The molecule has 0 aliphatic heterocycles. The Morgan fingerprint density at radius 1 is 1.20 bits per heavy atom. The van der Waals surface area contributed by atoms with Crippen LogP contribution in [0, 0.1) is 13.8 Å². The lowest BCUT2D eigenvalue weighted by atomic mass is 10.3. The maximum atomic E-state index is 12.1. The zero-order valence-corrected chi connectivity index (χ0v) is 11.3. The Kier molecular flexibility index (Phi) is 2.95. The van der Waals surface area contributed by atoms with Gasteiger partial charge in [0.15, 0.2) is 5.65 Å². The second-order valence-electron chi connectivity index (χ2n) is 4.57. The molecule has 100 valence electrons. The third-order valence-electron chi connectivity index (χ3n) is 3.27. The van der Waals surface area contributed by atoms with Crippen LogP contribution in [0.4, 0.5) is 5.69 Å². The molecule has 5 heteroatoms. The summed E-state index contributed by atoms with van der Waals surface area (Å²) in [6, 6.07) is 8.96. The fourth-order valence-corrected chi connectivity index (χ4v) is 2.08. The summed E-state index contributed by atoms with van der Waals surface area (Å²) in [6.45, 7) is 3.95. The smallest absolute Gasteiger partial charge is 0.274 e. The van der Waals surface area contributed by atoms with Gasteiger partial charge in [-0.05, 0) is 38.1 Å². The Bertz CT molecular complexity index is 777. The minimum Gasteiger partial charge on any atom is -0.317 e. The van der Waals surface area contributed by atoms with Crippen molar-refractivity contribution in [2.45, 2.75) is 13.8 Å². The Balaban J connectivity index is 1.99. The van der Waals surface area contributed by atoms with E-state index in [1.54, 1.807) is 24.4 Å². The van der Waals surface area contributed by atoms with Gasteiger partial charge in [0.1, 0.15) is 5.69 Å². The zero-order chi connectivity index (χ0) is 14.1. The predicted molar refractivity (Wildman–Crippen MR) is 76.9 cm³/mol. The number of imidazole rings is 1. The highest BCUT2D eigenvalue weighted by Crippen LogP contribution is 2.19. The SMILES string of the molecule is Cc1nc2c(NC(=O)c3ccccn3)cccn2c1C. The van der Waals surface area contributed by atoms with Gasteiger partial charge in [-0.1, -0.05) is 6.07 Å². The van der Waals surface area contributed by atoms with Crippen LogP contribution in [0.1, 0.15) is 21.9 Å². The van der Waals surface area contributed by atoms with Crippen LogP contribution in [0.25, 0.3) is 5.65 Å². The molecule has 0 spiro atoms. The molecule has 1 amide bonds. The molecule has 1 N–H and O–H groups in total. The van der Waals surface area contributed by atoms with E-state index in [2.05, 4.69) is 15.3 Å². The van der Waals surface area contributed by atoms with Crippen LogP contribution < -0.4 is 5.32 Å². The molecule has 0 bridgehead atoms. The summed E-state index contributed by atoms with van der Waals surface area (Å²) in [5.74, 6) is -0.239. The molecule has 0 aromatic carbocycles. The maximum absolute atomic E-state index is 12.1. The third-order valence-corrected chi connectivity index (χ3v) is 3.27. The molecule has 0 radical (unpaired) electrons. The first kappa shape index (κ1) is 12.3. The molecular formula is C15H14N4O. The molecule has 3 aromatic heterocycles. The molecule has 0 unspecified atom stereocenters. The predicted octanol–water partition coefficient (Wildman–Crippen LogP) is 2.60. The molecule has 0 aliphatic carbocycles. The number of amides is 1. The van der Waals surface area contributed by atoms with E-state index in [9.17, 15) is 4.79 Å². The van der Waals surface area contributed by atoms with E-state index in [0.717, 1.165) is 17.0 Å². The number of carbonyl (C=O) groups is 1. The molecule has 3 heterocycles. The van der Waals surface area contributed by atoms with Crippen LogP contribution in [0.2, 0.25) is 0 Å². The fourth-order valence-electron chi connectivity index (χ4n) is 2.08. The first-order chi connectivity index (χ1) is 9.66. The van der Waals surface area contributed by atoms with Gasteiger partial charge in [-0.25, -0.2) is 4.98 Å². The Hall–Kier alpha value is -2.69. The molecule has 3 aromatic rings. The average molecular weight is 266 g/mol. The third kappa shape index (κ3) is 2.03. The van der Waals surface area contributed by atoms with Crippen LogP contribution in [0.3, 0.4) is 0 Å². The van der Waals surface area contributed by atoms with E-state index in [1.807, 2.05) is 36.6 Å². The number of rotatable bonds is 2. The number of hydrogen-bond acceptors (Lipinski definition) is 3. The summed E-state index contributed by atoms with van der Waals surface area (Å²) in [7, 11) is 0. The molecule has 20 heavy (non-hydrogen) atoms. The number of aryl methyl sites for hydroxylation is 2.